The number of rotatable bonds is 2. The Morgan fingerprint density at radius 3 is 2.94 bits per heavy atom. The molecule has 1 amide bonds. The number of amides is 1. The topological polar surface area (TPSA) is 20.3 Å². The van der Waals surface area contributed by atoms with Gasteiger partial charge >= 0.3 is 0 Å². The second-order valence-corrected chi connectivity index (χ2v) is 5.25. The molecule has 1 unspecified atom stereocenters. The van der Waals surface area contributed by atoms with Crippen LogP contribution < -0.4 is 0 Å². The average molecular weight is 270 g/mol. The van der Waals surface area contributed by atoms with Crippen molar-refractivity contribution in [3.8, 4) is 0 Å². The number of hydrogen-bond acceptors (Lipinski definition) is 1. The van der Waals surface area contributed by atoms with Gasteiger partial charge in [0.05, 0.1) is 6.42 Å². The summed E-state index contributed by atoms with van der Waals surface area (Å²) in [6.45, 7) is 2.89. The maximum Gasteiger partial charge on any atom is 0.227 e. The summed E-state index contributed by atoms with van der Waals surface area (Å²) in [5, 5.41) is 0.327. The van der Waals surface area contributed by atoms with Gasteiger partial charge in [-0.2, -0.15) is 0 Å². The first-order chi connectivity index (χ1) is 8.58. The van der Waals surface area contributed by atoms with Gasteiger partial charge in [-0.3, -0.25) is 4.79 Å². The summed E-state index contributed by atoms with van der Waals surface area (Å²) in [5.74, 6) is -0.293. The van der Waals surface area contributed by atoms with Gasteiger partial charge < -0.3 is 4.90 Å². The first-order valence-electron chi connectivity index (χ1n) is 6.31. The van der Waals surface area contributed by atoms with Crippen LogP contribution in [0.3, 0.4) is 0 Å². The summed E-state index contributed by atoms with van der Waals surface area (Å²) in [5.41, 5.74) is 0.695. The lowest BCUT2D eigenvalue weighted by molar-refractivity contribution is -0.133. The quantitative estimate of drug-likeness (QED) is 0.806. The Labute approximate surface area is 112 Å². The van der Waals surface area contributed by atoms with E-state index < -0.39 is 0 Å². The number of nitrogens with zero attached hydrogens (tertiary/aromatic N) is 1. The zero-order valence-electron chi connectivity index (χ0n) is 10.5. The standard InChI is InChI=1S/C14H17ClFNO/c1-10-4-2-3-7-17(10)14(18)8-11-5-6-12(16)9-13(11)15/h5-6,9-10H,2-4,7-8H2,1H3. The normalized spacial score (nSPS) is 19.9. The molecule has 0 N–H and O–H groups in total. The van der Waals surface area contributed by atoms with Gasteiger partial charge in [0.15, 0.2) is 0 Å². The first kappa shape index (κ1) is 13.3. The minimum atomic E-state index is -0.373. The summed E-state index contributed by atoms with van der Waals surface area (Å²) in [7, 11) is 0. The summed E-state index contributed by atoms with van der Waals surface area (Å²) in [6, 6.07) is 4.48. The van der Waals surface area contributed by atoms with Crippen molar-refractivity contribution >= 4 is 17.5 Å². The molecule has 0 spiro atoms. The van der Waals surface area contributed by atoms with Gasteiger partial charge in [0.25, 0.3) is 0 Å². The highest BCUT2D eigenvalue weighted by Gasteiger charge is 2.23. The van der Waals surface area contributed by atoms with Crippen LogP contribution in [0.1, 0.15) is 31.7 Å². The number of carbonyl (C=O) groups is 1. The third-order valence-electron chi connectivity index (χ3n) is 3.48. The molecule has 0 aliphatic carbocycles. The fourth-order valence-corrected chi connectivity index (χ4v) is 2.63. The van der Waals surface area contributed by atoms with Crippen molar-refractivity contribution in [2.45, 2.75) is 38.6 Å². The molecule has 1 atom stereocenters. The molecule has 18 heavy (non-hydrogen) atoms. The van der Waals surface area contributed by atoms with E-state index in [1.165, 1.54) is 18.6 Å². The lowest BCUT2D eigenvalue weighted by Gasteiger charge is -2.33. The number of piperidine rings is 1. The number of carbonyl (C=O) groups excluding carboxylic acids is 1. The van der Waals surface area contributed by atoms with Crippen molar-refractivity contribution in [2.24, 2.45) is 0 Å². The Kier molecular flexibility index (Phi) is 4.23. The zero-order chi connectivity index (χ0) is 13.1. The van der Waals surface area contributed by atoms with Crippen LogP contribution >= 0.6 is 11.6 Å². The molecule has 1 aromatic carbocycles. The first-order valence-corrected chi connectivity index (χ1v) is 6.69. The molecular weight excluding hydrogens is 253 g/mol. The Bertz CT molecular complexity index is 449. The Morgan fingerprint density at radius 1 is 1.50 bits per heavy atom. The van der Waals surface area contributed by atoms with Crippen LogP contribution in [0.5, 0.6) is 0 Å². The average Bonchev–Trinajstić information content (AvgIpc) is 2.33. The third kappa shape index (κ3) is 3.02. The number of hydrogen-bond donors (Lipinski definition) is 0. The zero-order valence-corrected chi connectivity index (χ0v) is 11.2. The highest BCUT2D eigenvalue weighted by molar-refractivity contribution is 6.31. The van der Waals surface area contributed by atoms with E-state index in [2.05, 4.69) is 6.92 Å². The lowest BCUT2D eigenvalue weighted by Crippen LogP contribution is -2.42. The van der Waals surface area contributed by atoms with Crippen LogP contribution in [0.15, 0.2) is 18.2 Å². The second-order valence-electron chi connectivity index (χ2n) is 4.84. The Balaban J connectivity index is 2.06. The molecule has 98 valence electrons. The van der Waals surface area contributed by atoms with E-state index in [1.54, 1.807) is 6.07 Å². The van der Waals surface area contributed by atoms with Gasteiger partial charge in [-0.05, 0) is 43.9 Å². The van der Waals surface area contributed by atoms with E-state index in [0.29, 0.717) is 16.6 Å². The SMILES string of the molecule is CC1CCCCN1C(=O)Cc1ccc(F)cc1Cl. The number of benzene rings is 1. The van der Waals surface area contributed by atoms with Gasteiger partial charge in [-0.1, -0.05) is 17.7 Å². The van der Waals surface area contributed by atoms with Gasteiger partial charge in [0, 0.05) is 17.6 Å². The summed E-state index contributed by atoms with van der Waals surface area (Å²) in [6.07, 6.45) is 3.56. The van der Waals surface area contributed by atoms with E-state index >= 15 is 0 Å². The maximum atomic E-state index is 12.9. The number of halogens is 2. The van der Waals surface area contributed by atoms with Crippen molar-refractivity contribution in [1.29, 1.82) is 0 Å². The van der Waals surface area contributed by atoms with Gasteiger partial charge in [0.1, 0.15) is 5.82 Å². The molecule has 1 fully saturated rings. The van der Waals surface area contributed by atoms with Crippen LogP contribution in [0, 0.1) is 5.82 Å². The highest BCUT2D eigenvalue weighted by atomic mass is 35.5. The summed E-state index contributed by atoms with van der Waals surface area (Å²) < 4.78 is 12.9. The van der Waals surface area contributed by atoms with Crippen LogP contribution in [-0.4, -0.2) is 23.4 Å². The van der Waals surface area contributed by atoms with E-state index in [1.807, 2.05) is 4.90 Å². The molecule has 1 aromatic rings. The summed E-state index contributed by atoms with van der Waals surface area (Å²) in [4.78, 5) is 14.1. The minimum absolute atomic E-state index is 0.0794. The van der Waals surface area contributed by atoms with Crippen molar-refractivity contribution < 1.29 is 9.18 Å². The molecule has 4 heteroatoms. The fraction of sp³-hybridized carbons (Fsp3) is 0.500. The van der Waals surface area contributed by atoms with Crippen molar-refractivity contribution in [3.63, 3.8) is 0 Å². The number of likely N-dealkylation sites (tertiary alicyclic amines) is 1. The van der Waals surface area contributed by atoms with Crippen LogP contribution in [0.4, 0.5) is 4.39 Å². The maximum absolute atomic E-state index is 12.9. The van der Waals surface area contributed by atoms with Crippen molar-refractivity contribution in [2.75, 3.05) is 6.54 Å². The molecule has 0 aromatic heterocycles. The predicted octanol–water partition coefficient (Wildman–Crippen LogP) is 3.42. The molecule has 0 bridgehead atoms. The van der Waals surface area contributed by atoms with E-state index in [0.717, 1.165) is 19.4 Å². The Morgan fingerprint density at radius 2 is 2.28 bits per heavy atom. The molecule has 1 aliphatic heterocycles. The van der Waals surface area contributed by atoms with E-state index in [-0.39, 0.29) is 18.1 Å². The highest BCUT2D eigenvalue weighted by Crippen LogP contribution is 2.21. The van der Waals surface area contributed by atoms with Gasteiger partial charge in [0.2, 0.25) is 5.91 Å². The Hall–Kier alpha value is -1.09. The third-order valence-corrected chi connectivity index (χ3v) is 3.83. The van der Waals surface area contributed by atoms with Crippen molar-refractivity contribution in [3.05, 3.63) is 34.6 Å². The molecule has 2 nitrogen and oxygen atoms in total. The van der Waals surface area contributed by atoms with E-state index in [4.69, 9.17) is 11.6 Å². The minimum Gasteiger partial charge on any atom is -0.340 e. The van der Waals surface area contributed by atoms with E-state index in [9.17, 15) is 9.18 Å². The van der Waals surface area contributed by atoms with Crippen LogP contribution in [-0.2, 0) is 11.2 Å². The molecule has 2 rings (SSSR count). The summed E-state index contributed by atoms with van der Waals surface area (Å²) >= 11 is 5.94. The molecule has 1 heterocycles. The van der Waals surface area contributed by atoms with Crippen LogP contribution in [0.25, 0.3) is 0 Å². The fourth-order valence-electron chi connectivity index (χ4n) is 2.40. The second kappa shape index (κ2) is 5.70. The van der Waals surface area contributed by atoms with Crippen molar-refractivity contribution in [1.82, 2.24) is 4.90 Å². The lowest BCUT2D eigenvalue weighted by atomic mass is 10.0. The van der Waals surface area contributed by atoms with Gasteiger partial charge in [-0.15, -0.1) is 0 Å². The molecule has 1 saturated heterocycles. The van der Waals surface area contributed by atoms with Crippen LogP contribution in [0.2, 0.25) is 5.02 Å². The smallest absolute Gasteiger partial charge is 0.227 e. The monoisotopic (exact) mass is 269 g/mol. The van der Waals surface area contributed by atoms with Gasteiger partial charge in [-0.25, -0.2) is 4.39 Å². The molecule has 0 radical (unpaired) electrons. The molecule has 0 saturated carbocycles. The predicted molar refractivity (Wildman–Crippen MR) is 70.1 cm³/mol. The molecule has 1 aliphatic rings. The largest absolute Gasteiger partial charge is 0.340 e. The molecular formula is C14H17ClFNO.